The Hall–Kier alpha value is -2.22. The fourth-order valence-electron chi connectivity index (χ4n) is 1.44. The van der Waals surface area contributed by atoms with Gasteiger partial charge in [-0.05, 0) is 19.1 Å². The molecule has 0 unspecified atom stereocenters. The quantitative estimate of drug-likeness (QED) is 0.471. The van der Waals surface area contributed by atoms with Crippen molar-refractivity contribution >= 4 is 34.3 Å². The Morgan fingerprint density at radius 1 is 1.50 bits per heavy atom. The molecule has 1 N–H and O–H groups in total. The van der Waals surface area contributed by atoms with Crippen LogP contribution in [0.1, 0.15) is 18.2 Å². The van der Waals surface area contributed by atoms with Crippen LogP contribution in [0.3, 0.4) is 0 Å². The van der Waals surface area contributed by atoms with Gasteiger partial charge in [0.2, 0.25) is 5.91 Å². The highest BCUT2D eigenvalue weighted by atomic mass is 32.1. The van der Waals surface area contributed by atoms with Crippen molar-refractivity contribution in [3.8, 4) is 0 Å². The molecule has 0 saturated carbocycles. The summed E-state index contributed by atoms with van der Waals surface area (Å²) in [6.45, 7) is 2.30. The van der Waals surface area contributed by atoms with Gasteiger partial charge in [-0.2, -0.15) is 0 Å². The molecule has 0 bridgehead atoms. The molecule has 0 atom stereocenters. The van der Waals surface area contributed by atoms with E-state index >= 15 is 0 Å². The monoisotopic (exact) mass is 298 g/mol. The first-order valence-corrected chi connectivity index (χ1v) is 6.68. The highest BCUT2D eigenvalue weighted by molar-refractivity contribution is 7.16. The van der Waals surface area contributed by atoms with Crippen LogP contribution in [-0.2, 0) is 9.59 Å². The number of hydrogen-bond donors (Lipinski definition) is 1. The molecule has 1 amide bonds. The number of amides is 1. The van der Waals surface area contributed by atoms with Crippen molar-refractivity contribution in [3.05, 3.63) is 33.2 Å². The number of carbonyl (C=O) groups excluding carboxylic acids is 1. The molecule has 0 aromatic carbocycles. The molecular formula is C12H14N2O5S. The van der Waals surface area contributed by atoms with Gasteiger partial charge in [-0.1, -0.05) is 11.3 Å². The van der Waals surface area contributed by atoms with E-state index in [0.29, 0.717) is 11.4 Å². The van der Waals surface area contributed by atoms with Crippen molar-refractivity contribution in [3.63, 3.8) is 0 Å². The third-order valence-corrected chi connectivity index (χ3v) is 3.47. The first kappa shape index (κ1) is 15.8. The number of carboxylic acids is 1. The Bertz CT molecular complexity index is 538. The number of thiophene rings is 1. The van der Waals surface area contributed by atoms with E-state index in [-0.39, 0.29) is 23.9 Å². The van der Waals surface area contributed by atoms with Crippen LogP contribution < -0.4 is 0 Å². The molecule has 0 aliphatic carbocycles. The third kappa shape index (κ3) is 4.81. The molecule has 7 nitrogen and oxygen atoms in total. The summed E-state index contributed by atoms with van der Waals surface area (Å²) in [5, 5.41) is 19.1. The van der Waals surface area contributed by atoms with E-state index in [1.165, 1.54) is 23.1 Å². The van der Waals surface area contributed by atoms with Crippen LogP contribution in [-0.4, -0.2) is 39.9 Å². The first-order valence-electron chi connectivity index (χ1n) is 5.87. The summed E-state index contributed by atoms with van der Waals surface area (Å²) in [6, 6.07) is 2.93. The maximum Gasteiger partial charge on any atom is 0.324 e. The van der Waals surface area contributed by atoms with E-state index in [4.69, 9.17) is 5.11 Å². The Labute approximate surface area is 119 Å². The van der Waals surface area contributed by atoms with Crippen molar-refractivity contribution in [2.45, 2.75) is 13.3 Å². The maximum atomic E-state index is 11.8. The molecule has 0 radical (unpaired) electrons. The molecule has 108 valence electrons. The summed E-state index contributed by atoms with van der Waals surface area (Å²) < 4.78 is 0. The Morgan fingerprint density at radius 2 is 2.20 bits per heavy atom. The molecule has 0 aliphatic rings. The minimum absolute atomic E-state index is 0.00956. The number of rotatable bonds is 7. The summed E-state index contributed by atoms with van der Waals surface area (Å²) in [5.41, 5.74) is 0. The second-order valence-corrected chi connectivity index (χ2v) is 4.92. The lowest BCUT2D eigenvalue weighted by atomic mass is 10.3. The topological polar surface area (TPSA) is 101 Å². The standard InChI is InChI=1S/C12H14N2O5S/c1-2-13(8-7-12(16)17)10(15)5-3-9-4-6-11(20-9)14(18)19/h3-6H,2,7-8H2,1H3,(H,16,17)/b5-3+. The molecular weight excluding hydrogens is 284 g/mol. The molecule has 0 saturated heterocycles. The Balaban J connectivity index is 2.64. The van der Waals surface area contributed by atoms with E-state index in [1.807, 2.05) is 0 Å². The molecule has 0 fully saturated rings. The Morgan fingerprint density at radius 3 is 2.70 bits per heavy atom. The number of hydrogen-bond acceptors (Lipinski definition) is 5. The predicted octanol–water partition coefficient (Wildman–Crippen LogP) is 1.99. The van der Waals surface area contributed by atoms with Crippen LogP contribution in [0.15, 0.2) is 18.2 Å². The predicted molar refractivity (Wildman–Crippen MR) is 74.5 cm³/mol. The maximum absolute atomic E-state index is 11.8. The van der Waals surface area contributed by atoms with Crippen molar-refractivity contribution in [2.24, 2.45) is 0 Å². The molecule has 0 aliphatic heterocycles. The normalized spacial score (nSPS) is 10.7. The SMILES string of the molecule is CCN(CCC(=O)O)C(=O)/C=C/c1ccc([N+](=O)[O-])s1. The van der Waals surface area contributed by atoms with Crippen LogP contribution in [0.25, 0.3) is 6.08 Å². The van der Waals surface area contributed by atoms with Crippen molar-refractivity contribution in [1.29, 1.82) is 0 Å². The average molecular weight is 298 g/mol. The van der Waals surface area contributed by atoms with Crippen LogP contribution in [0, 0.1) is 10.1 Å². The fraction of sp³-hybridized carbons (Fsp3) is 0.333. The van der Waals surface area contributed by atoms with E-state index in [1.54, 1.807) is 13.0 Å². The van der Waals surface area contributed by atoms with Gasteiger partial charge in [0.1, 0.15) is 0 Å². The summed E-state index contributed by atoms with van der Waals surface area (Å²) in [5.74, 6) is -1.28. The van der Waals surface area contributed by atoms with E-state index in [9.17, 15) is 19.7 Å². The zero-order valence-corrected chi connectivity index (χ0v) is 11.6. The van der Waals surface area contributed by atoms with Crippen LogP contribution >= 0.6 is 11.3 Å². The molecule has 1 aromatic heterocycles. The first-order chi connectivity index (χ1) is 9.43. The minimum Gasteiger partial charge on any atom is -0.481 e. The van der Waals surface area contributed by atoms with Gasteiger partial charge >= 0.3 is 11.0 Å². The van der Waals surface area contributed by atoms with E-state index in [0.717, 1.165) is 11.3 Å². The third-order valence-electron chi connectivity index (χ3n) is 2.47. The van der Waals surface area contributed by atoms with Crippen molar-refractivity contribution in [1.82, 2.24) is 4.90 Å². The number of likely N-dealkylation sites (N-methyl/N-ethyl adjacent to an activating group) is 1. The van der Waals surface area contributed by atoms with Crippen LogP contribution in [0.4, 0.5) is 5.00 Å². The second kappa shape index (κ2) is 7.39. The molecule has 0 spiro atoms. The zero-order chi connectivity index (χ0) is 15.1. The van der Waals surface area contributed by atoms with Gasteiger partial charge in [-0.3, -0.25) is 19.7 Å². The van der Waals surface area contributed by atoms with Crippen molar-refractivity contribution in [2.75, 3.05) is 13.1 Å². The van der Waals surface area contributed by atoms with E-state index < -0.39 is 10.9 Å². The smallest absolute Gasteiger partial charge is 0.324 e. The lowest BCUT2D eigenvalue weighted by Crippen LogP contribution is -2.31. The summed E-state index contributed by atoms with van der Waals surface area (Å²) in [7, 11) is 0. The highest BCUT2D eigenvalue weighted by Gasteiger charge is 2.11. The second-order valence-electron chi connectivity index (χ2n) is 3.83. The molecule has 1 heterocycles. The number of aliphatic carboxylic acids is 1. The number of nitrogens with zero attached hydrogens (tertiary/aromatic N) is 2. The zero-order valence-electron chi connectivity index (χ0n) is 10.8. The van der Waals surface area contributed by atoms with Crippen molar-refractivity contribution < 1.29 is 19.6 Å². The molecule has 1 rings (SSSR count). The molecule has 20 heavy (non-hydrogen) atoms. The van der Waals surface area contributed by atoms with Gasteiger partial charge in [0, 0.05) is 30.1 Å². The van der Waals surface area contributed by atoms with Gasteiger partial charge in [0.05, 0.1) is 11.3 Å². The largest absolute Gasteiger partial charge is 0.481 e. The summed E-state index contributed by atoms with van der Waals surface area (Å²) >= 11 is 0.970. The minimum atomic E-state index is -0.964. The lowest BCUT2D eigenvalue weighted by molar-refractivity contribution is -0.380. The fourth-order valence-corrected chi connectivity index (χ4v) is 2.17. The Kier molecular flexibility index (Phi) is 5.85. The van der Waals surface area contributed by atoms with Crippen LogP contribution in [0.2, 0.25) is 0 Å². The molecule has 1 aromatic rings. The van der Waals surface area contributed by atoms with Crippen LogP contribution in [0.5, 0.6) is 0 Å². The summed E-state index contributed by atoms with van der Waals surface area (Å²) in [4.78, 5) is 34.3. The van der Waals surface area contributed by atoms with Gasteiger partial charge in [-0.25, -0.2) is 0 Å². The average Bonchev–Trinajstić information content (AvgIpc) is 2.85. The van der Waals surface area contributed by atoms with E-state index in [2.05, 4.69) is 0 Å². The van der Waals surface area contributed by atoms with Gasteiger partial charge in [-0.15, -0.1) is 0 Å². The summed E-state index contributed by atoms with van der Waals surface area (Å²) in [6.07, 6.45) is 2.67. The van der Waals surface area contributed by atoms with Gasteiger partial charge < -0.3 is 10.0 Å². The lowest BCUT2D eigenvalue weighted by Gasteiger charge is -2.17. The molecule has 8 heteroatoms. The van der Waals surface area contributed by atoms with Gasteiger partial charge in [0.15, 0.2) is 0 Å². The number of nitro groups is 1. The number of carbonyl (C=O) groups is 2. The van der Waals surface area contributed by atoms with Gasteiger partial charge in [0.25, 0.3) is 0 Å². The highest BCUT2D eigenvalue weighted by Crippen LogP contribution is 2.24. The number of carboxylic acid groups (broad SMARTS) is 1.